The molecule has 12 heteroatoms. The number of pyridine rings is 1. The lowest BCUT2D eigenvalue weighted by molar-refractivity contribution is -0.145. The molecule has 0 saturated heterocycles. The molecule has 2 aromatic heterocycles. The zero-order chi connectivity index (χ0) is 24.7. The Hall–Kier alpha value is -3.15. The van der Waals surface area contributed by atoms with Gasteiger partial charge in [-0.15, -0.1) is 0 Å². The summed E-state index contributed by atoms with van der Waals surface area (Å²) < 4.78 is 48.6. The first-order chi connectivity index (χ1) is 15.9. The maximum Gasteiger partial charge on any atom is 0.451 e. The zero-order valence-electron chi connectivity index (χ0n) is 18.0. The van der Waals surface area contributed by atoms with Crippen molar-refractivity contribution in [2.45, 2.75) is 55.8 Å². The minimum absolute atomic E-state index is 0.104. The lowest BCUT2D eigenvalue weighted by Crippen LogP contribution is -2.68. The van der Waals surface area contributed by atoms with E-state index in [-0.39, 0.29) is 22.7 Å². The second-order valence-corrected chi connectivity index (χ2v) is 9.49. The molecule has 2 heterocycles. The molecule has 34 heavy (non-hydrogen) atoms. The van der Waals surface area contributed by atoms with Crippen molar-refractivity contribution >= 4 is 11.9 Å². The molecular weight excluding hydrogens is 458 g/mol. The van der Waals surface area contributed by atoms with Crippen molar-refractivity contribution in [2.24, 2.45) is 17.6 Å². The average Bonchev–Trinajstić information content (AvgIpc) is 2.72. The molecular formula is C22H23F4N5O3. The van der Waals surface area contributed by atoms with Gasteiger partial charge in [0.15, 0.2) is 5.69 Å². The number of nitrogens with one attached hydrogen (secondary N) is 1. The van der Waals surface area contributed by atoms with Crippen LogP contribution >= 0.6 is 0 Å². The highest BCUT2D eigenvalue weighted by Crippen LogP contribution is 2.56. The quantitative estimate of drug-likeness (QED) is 0.574. The van der Waals surface area contributed by atoms with E-state index in [2.05, 4.69) is 20.3 Å². The maximum atomic E-state index is 12.9. The van der Waals surface area contributed by atoms with Crippen LogP contribution in [-0.4, -0.2) is 43.0 Å². The third kappa shape index (κ3) is 5.16. The van der Waals surface area contributed by atoms with Crippen LogP contribution in [0.2, 0.25) is 0 Å². The number of rotatable bonds is 3. The summed E-state index contributed by atoms with van der Waals surface area (Å²) in [4.78, 5) is 32.2. The molecule has 4 fully saturated rings. The summed E-state index contributed by atoms with van der Waals surface area (Å²) in [6.07, 6.45) is 3.46. The van der Waals surface area contributed by atoms with Gasteiger partial charge in [0.25, 0.3) is 5.91 Å². The van der Waals surface area contributed by atoms with Crippen LogP contribution in [0.5, 0.6) is 0 Å². The van der Waals surface area contributed by atoms with Crippen LogP contribution in [0.4, 0.5) is 17.6 Å². The average molecular weight is 481 g/mol. The lowest BCUT2D eigenvalue weighted by atomic mass is 9.50. The van der Waals surface area contributed by atoms with Gasteiger partial charge in [0, 0.05) is 17.3 Å². The highest BCUT2D eigenvalue weighted by molar-refractivity contribution is 5.92. The van der Waals surface area contributed by atoms with Gasteiger partial charge in [-0.1, -0.05) is 0 Å². The molecule has 4 saturated carbocycles. The Morgan fingerprint density at radius 2 is 1.74 bits per heavy atom. The lowest BCUT2D eigenvalue weighted by Gasteiger charge is -2.61. The Kier molecular flexibility index (Phi) is 6.05. The smallest absolute Gasteiger partial charge is 0.451 e. The predicted molar refractivity (Wildman–Crippen MR) is 110 cm³/mol. The first-order valence-corrected chi connectivity index (χ1v) is 10.7. The normalized spacial score (nSPS) is 29.2. The van der Waals surface area contributed by atoms with Crippen molar-refractivity contribution in [3.63, 3.8) is 0 Å². The third-order valence-electron chi connectivity index (χ3n) is 6.57. The van der Waals surface area contributed by atoms with Crippen LogP contribution in [-0.2, 0) is 6.18 Å². The van der Waals surface area contributed by atoms with Crippen LogP contribution in [0, 0.1) is 17.7 Å². The second kappa shape index (κ2) is 8.57. The second-order valence-electron chi connectivity index (χ2n) is 9.49. The topological polar surface area (TPSA) is 131 Å². The summed E-state index contributed by atoms with van der Waals surface area (Å²) in [5.74, 6) is -2.33. The van der Waals surface area contributed by atoms with Gasteiger partial charge < -0.3 is 16.2 Å². The van der Waals surface area contributed by atoms with Crippen molar-refractivity contribution in [3.05, 3.63) is 53.6 Å². The van der Waals surface area contributed by atoms with Crippen LogP contribution in [0.15, 0.2) is 30.6 Å². The van der Waals surface area contributed by atoms with E-state index in [1.165, 1.54) is 18.6 Å². The van der Waals surface area contributed by atoms with Crippen molar-refractivity contribution in [2.75, 3.05) is 0 Å². The molecule has 8 nitrogen and oxygen atoms in total. The van der Waals surface area contributed by atoms with E-state index in [0.29, 0.717) is 11.8 Å². The van der Waals surface area contributed by atoms with E-state index in [1.54, 1.807) is 0 Å². The Labute approximate surface area is 192 Å². The van der Waals surface area contributed by atoms with E-state index in [9.17, 15) is 27.2 Å². The largest absolute Gasteiger partial charge is 0.477 e. The Bertz CT molecular complexity index is 1080. The van der Waals surface area contributed by atoms with Crippen molar-refractivity contribution in [1.29, 1.82) is 0 Å². The molecule has 0 aromatic carbocycles. The number of aromatic carboxylic acids is 1. The number of aromatic nitrogens is 3. The molecule has 4 aliphatic carbocycles. The molecule has 0 spiro atoms. The fraction of sp³-hybridized carbons (Fsp3) is 0.500. The van der Waals surface area contributed by atoms with Crippen molar-refractivity contribution < 1.29 is 32.3 Å². The fourth-order valence-corrected chi connectivity index (χ4v) is 5.91. The molecule has 6 rings (SSSR count). The van der Waals surface area contributed by atoms with Gasteiger partial charge in [0.05, 0.1) is 6.20 Å². The summed E-state index contributed by atoms with van der Waals surface area (Å²) in [7, 11) is 0. The molecule has 1 amide bonds. The molecule has 4 N–H and O–H groups in total. The van der Waals surface area contributed by atoms with Gasteiger partial charge in [0.1, 0.15) is 11.5 Å². The summed E-state index contributed by atoms with van der Waals surface area (Å²) >= 11 is 0. The molecule has 4 aliphatic rings. The number of carbonyl (C=O) groups excluding carboxylic acids is 1. The summed E-state index contributed by atoms with van der Waals surface area (Å²) in [6.45, 7) is 0. The Morgan fingerprint density at radius 1 is 1.06 bits per heavy atom. The van der Waals surface area contributed by atoms with Crippen LogP contribution in [0.25, 0.3) is 0 Å². The standard InChI is InChI=1S/C16H20FN3O.C6H3F3N2O2/c17-12-1-2-13(19-8-12)14(21)20-16-6-10-3-11(7-16)5-15(18,4-10)9-16;7-6(8,9)5-10-2-1-3(11-5)4(12)13/h1-2,8,10-11H,3-7,9,18H2,(H,20,21);1-2H,(H,12,13). The summed E-state index contributed by atoms with van der Waals surface area (Å²) in [5, 5.41) is 11.5. The van der Waals surface area contributed by atoms with E-state index >= 15 is 0 Å². The summed E-state index contributed by atoms with van der Waals surface area (Å²) in [5.41, 5.74) is 5.84. The molecule has 2 aromatic rings. The SMILES string of the molecule is NC12CC3CC(C1)CC(NC(=O)c1ccc(F)cn1)(C3)C2.O=C(O)c1ccnc(C(F)(F)F)n1. The molecule has 0 aliphatic heterocycles. The number of hydrogen-bond acceptors (Lipinski definition) is 6. The first-order valence-electron chi connectivity index (χ1n) is 10.7. The third-order valence-corrected chi connectivity index (χ3v) is 6.57. The van der Waals surface area contributed by atoms with E-state index in [1.807, 2.05) is 0 Å². The van der Waals surface area contributed by atoms with Gasteiger partial charge >= 0.3 is 12.1 Å². The van der Waals surface area contributed by atoms with Crippen molar-refractivity contribution in [1.82, 2.24) is 20.3 Å². The minimum Gasteiger partial charge on any atom is -0.477 e. The van der Waals surface area contributed by atoms with Gasteiger partial charge in [0.2, 0.25) is 5.82 Å². The fourth-order valence-electron chi connectivity index (χ4n) is 5.91. The monoisotopic (exact) mass is 481 g/mol. The number of amides is 1. The first kappa shape index (κ1) is 24.0. The highest BCUT2D eigenvalue weighted by Gasteiger charge is 2.56. The van der Waals surface area contributed by atoms with E-state index in [0.717, 1.165) is 50.6 Å². The van der Waals surface area contributed by atoms with Crippen LogP contribution < -0.4 is 11.1 Å². The highest BCUT2D eigenvalue weighted by atomic mass is 19.4. The van der Waals surface area contributed by atoms with E-state index < -0.39 is 29.5 Å². The summed E-state index contributed by atoms with van der Waals surface area (Å²) in [6, 6.07) is 3.59. The number of carboxylic acids is 1. The van der Waals surface area contributed by atoms with Gasteiger partial charge in [-0.05, 0) is 68.6 Å². The minimum atomic E-state index is -4.72. The molecule has 2 atom stereocenters. The van der Waals surface area contributed by atoms with Crippen LogP contribution in [0.1, 0.15) is 65.3 Å². The van der Waals surface area contributed by atoms with Gasteiger partial charge in [-0.25, -0.2) is 24.1 Å². The number of carboxylic acid groups (broad SMARTS) is 1. The van der Waals surface area contributed by atoms with E-state index in [4.69, 9.17) is 10.8 Å². The number of nitrogens with zero attached hydrogens (tertiary/aromatic N) is 3. The number of alkyl halides is 3. The Balaban J connectivity index is 0.000000182. The Morgan fingerprint density at radius 3 is 2.26 bits per heavy atom. The number of nitrogens with two attached hydrogens (primary N) is 1. The molecule has 4 bridgehead atoms. The maximum absolute atomic E-state index is 12.9. The molecule has 0 radical (unpaired) electrons. The number of halogens is 4. The molecule has 182 valence electrons. The van der Waals surface area contributed by atoms with Gasteiger partial charge in [-0.2, -0.15) is 13.2 Å². The van der Waals surface area contributed by atoms with Crippen LogP contribution in [0.3, 0.4) is 0 Å². The van der Waals surface area contributed by atoms with Crippen molar-refractivity contribution in [3.8, 4) is 0 Å². The zero-order valence-corrected chi connectivity index (χ0v) is 18.0. The molecule has 2 unspecified atom stereocenters. The number of carbonyl (C=O) groups is 2. The predicted octanol–water partition coefficient (Wildman–Crippen LogP) is 3.19. The van der Waals surface area contributed by atoms with Gasteiger partial charge in [-0.3, -0.25) is 4.79 Å². The number of hydrogen-bond donors (Lipinski definition) is 3.